The van der Waals surface area contributed by atoms with Crippen LogP contribution in [0.25, 0.3) is 0 Å². The minimum Gasteiger partial charge on any atom is -0.590 e. The third kappa shape index (κ3) is 15.9. The van der Waals surface area contributed by atoms with Crippen LogP contribution in [0.5, 0.6) is 0 Å². The van der Waals surface area contributed by atoms with Gasteiger partial charge in [0.2, 0.25) is 0 Å². The molecule has 0 bridgehead atoms. The van der Waals surface area contributed by atoms with Gasteiger partial charge in [0.15, 0.2) is 0 Å². The van der Waals surface area contributed by atoms with Crippen LogP contribution in [0.3, 0.4) is 0 Å². The average Bonchev–Trinajstić information content (AvgIpc) is 2.76. The van der Waals surface area contributed by atoms with Crippen LogP contribution in [0.15, 0.2) is 24.8 Å². The molecule has 0 fully saturated rings. The lowest BCUT2D eigenvalue weighted by molar-refractivity contribution is -0.910. The highest BCUT2D eigenvalue weighted by Gasteiger charge is 2.53. The summed E-state index contributed by atoms with van der Waals surface area (Å²) >= 11 is 0. The topological polar surface area (TPSA) is 40.1 Å². The van der Waals surface area contributed by atoms with Crippen LogP contribution in [-0.2, 0) is 4.57 Å². The number of unbranched alkanes of at least 4 members (excludes halogenated alkanes) is 15. The average molecular weight is 483 g/mol. The van der Waals surface area contributed by atoms with Gasteiger partial charge in [-0.3, -0.25) is 4.48 Å². The zero-order chi connectivity index (χ0) is 24.8. The summed E-state index contributed by atoms with van der Waals surface area (Å²) in [6, 6.07) is 0. The minimum atomic E-state index is -2.42. The number of hydrogen-bond donors (Lipinski definition) is 0. The third-order valence-electron chi connectivity index (χ3n) is 7.13. The molecule has 0 radical (unpaired) electrons. The largest absolute Gasteiger partial charge is 0.590 e. The summed E-state index contributed by atoms with van der Waals surface area (Å²) in [5.41, 5.74) is 0. The fourth-order valence-electron chi connectivity index (χ4n) is 4.85. The zero-order valence-electron chi connectivity index (χ0n) is 22.8. The Labute approximate surface area is 208 Å². The summed E-state index contributed by atoms with van der Waals surface area (Å²) in [7, 11) is 3.67. The Hall–Kier alpha value is -0.500. The van der Waals surface area contributed by atoms with E-state index in [1.165, 1.54) is 96.3 Å². The lowest BCUT2D eigenvalue weighted by Gasteiger charge is -2.39. The van der Waals surface area contributed by atoms with Crippen molar-refractivity contribution >= 4 is 8.03 Å². The van der Waals surface area contributed by atoms with Crippen molar-refractivity contribution in [3.8, 4) is 0 Å². The maximum absolute atomic E-state index is 12.1. The Bertz CT molecular complexity index is 512. The molecule has 0 N–H and O–H groups in total. The molecule has 0 aliphatic heterocycles. The Morgan fingerprint density at radius 1 is 0.697 bits per heavy atom. The van der Waals surface area contributed by atoms with E-state index in [9.17, 15) is 9.46 Å². The second-order valence-corrected chi connectivity index (χ2v) is 12.2. The van der Waals surface area contributed by atoms with Crippen LogP contribution in [0.4, 0.5) is 0 Å². The molecule has 4 heteroatoms. The van der Waals surface area contributed by atoms with Crippen LogP contribution >= 0.6 is 8.03 Å². The van der Waals surface area contributed by atoms with Gasteiger partial charge in [-0.15, -0.1) is 6.58 Å². The molecular formula is C29H57NO2P+. The van der Waals surface area contributed by atoms with Gasteiger partial charge >= 0.3 is 8.03 Å². The van der Waals surface area contributed by atoms with E-state index >= 15 is 0 Å². The van der Waals surface area contributed by atoms with E-state index in [1.807, 2.05) is 27.2 Å². The molecule has 0 saturated heterocycles. The van der Waals surface area contributed by atoms with Gasteiger partial charge in [-0.25, -0.2) is 0 Å². The summed E-state index contributed by atoms with van der Waals surface area (Å²) in [5.74, 6) is 0. The van der Waals surface area contributed by atoms with Crippen molar-refractivity contribution in [1.29, 1.82) is 0 Å². The van der Waals surface area contributed by atoms with E-state index in [-0.39, 0.29) is 0 Å². The predicted octanol–water partition coefficient (Wildman–Crippen LogP) is 9.06. The fourth-order valence-corrected chi connectivity index (χ4v) is 6.09. The second kappa shape index (κ2) is 20.8. The van der Waals surface area contributed by atoms with E-state index in [4.69, 9.17) is 0 Å². The van der Waals surface area contributed by atoms with Crippen molar-refractivity contribution < 1.29 is 13.9 Å². The van der Waals surface area contributed by atoms with Gasteiger partial charge in [-0.05, 0) is 51.4 Å². The highest BCUT2D eigenvalue weighted by atomic mass is 31.1. The molecule has 0 rings (SSSR count). The number of nitrogens with zero attached hydrogens (tertiary/aromatic N) is 1. The molecule has 194 valence electrons. The standard InChI is InChI=1S/C29H57NO2P/c1-6-8-9-10-11-12-13-14-15-16-17-18-19-20-21-22-23-24-25-26-28-29(27-7-2,33(31)32)30(3,4)5/h6,16-17H,1,7-15,18-28H2,2-5H3/q+1. The summed E-state index contributed by atoms with van der Waals surface area (Å²) < 4.78 is 12.6. The highest BCUT2D eigenvalue weighted by molar-refractivity contribution is 7.38. The van der Waals surface area contributed by atoms with Crippen LogP contribution in [0.2, 0.25) is 0 Å². The maximum Gasteiger partial charge on any atom is 0.376 e. The number of allylic oxidation sites excluding steroid dienone is 3. The molecule has 0 aromatic heterocycles. The van der Waals surface area contributed by atoms with E-state index in [0.717, 1.165) is 32.1 Å². The van der Waals surface area contributed by atoms with Gasteiger partial charge in [0.1, 0.15) is 0 Å². The normalized spacial score (nSPS) is 14.5. The summed E-state index contributed by atoms with van der Waals surface area (Å²) in [5, 5.41) is -0.594. The van der Waals surface area contributed by atoms with Gasteiger partial charge in [-0.1, -0.05) is 93.9 Å². The van der Waals surface area contributed by atoms with Gasteiger partial charge in [0.25, 0.3) is 5.28 Å². The van der Waals surface area contributed by atoms with E-state index in [1.54, 1.807) is 0 Å². The lowest BCUT2D eigenvalue weighted by Crippen LogP contribution is -2.55. The van der Waals surface area contributed by atoms with Gasteiger partial charge < -0.3 is 4.89 Å². The van der Waals surface area contributed by atoms with Crippen molar-refractivity contribution in [2.75, 3.05) is 21.1 Å². The molecule has 2 unspecified atom stereocenters. The summed E-state index contributed by atoms with van der Waals surface area (Å²) in [4.78, 5) is 12.1. The first-order valence-corrected chi connectivity index (χ1v) is 15.2. The monoisotopic (exact) mass is 482 g/mol. The van der Waals surface area contributed by atoms with E-state index in [2.05, 4.69) is 25.7 Å². The molecule has 0 amide bonds. The van der Waals surface area contributed by atoms with Crippen LogP contribution < -0.4 is 4.89 Å². The smallest absolute Gasteiger partial charge is 0.376 e. The zero-order valence-corrected chi connectivity index (χ0v) is 23.7. The predicted molar refractivity (Wildman–Crippen MR) is 146 cm³/mol. The van der Waals surface area contributed by atoms with E-state index < -0.39 is 13.3 Å². The summed E-state index contributed by atoms with van der Waals surface area (Å²) in [6.07, 6.45) is 31.2. The van der Waals surface area contributed by atoms with Crippen LogP contribution in [0, 0.1) is 0 Å². The molecule has 0 saturated carbocycles. The second-order valence-electron chi connectivity index (χ2n) is 10.8. The molecule has 0 spiro atoms. The van der Waals surface area contributed by atoms with Crippen molar-refractivity contribution in [3.05, 3.63) is 24.8 Å². The minimum absolute atomic E-state index is 0.518. The molecule has 0 heterocycles. The molecule has 3 nitrogen and oxygen atoms in total. The first kappa shape index (κ1) is 32.5. The number of quaternary nitrogens is 1. The van der Waals surface area contributed by atoms with Crippen LogP contribution in [-0.4, -0.2) is 30.9 Å². The van der Waals surface area contributed by atoms with Crippen molar-refractivity contribution in [1.82, 2.24) is 0 Å². The Balaban J connectivity index is 3.61. The summed E-state index contributed by atoms with van der Waals surface area (Å²) in [6.45, 7) is 5.87. The quantitative estimate of drug-likeness (QED) is 0.0595. The molecule has 33 heavy (non-hydrogen) atoms. The van der Waals surface area contributed by atoms with Crippen LogP contribution in [0.1, 0.15) is 135 Å². The molecule has 0 aliphatic carbocycles. The molecule has 0 aliphatic rings. The maximum atomic E-state index is 12.1. The molecule has 0 aromatic carbocycles. The number of hydrogen-bond acceptors (Lipinski definition) is 2. The number of rotatable bonds is 24. The molecular weight excluding hydrogens is 425 g/mol. The van der Waals surface area contributed by atoms with Crippen molar-refractivity contribution in [2.24, 2.45) is 0 Å². The van der Waals surface area contributed by atoms with E-state index in [0.29, 0.717) is 4.48 Å². The van der Waals surface area contributed by atoms with Gasteiger partial charge in [0, 0.05) is 12.8 Å². The Kier molecular flexibility index (Phi) is 20.5. The van der Waals surface area contributed by atoms with Crippen molar-refractivity contribution in [3.63, 3.8) is 0 Å². The Morgan fingerprint density at radius 3 is 1.45 bits per heavy atom. The SMILES string of the molecule is C=CCCCCCCCCC=CCCCCCCCCCCC(CCC)([P+](=O)[O-])[N+](C)(C)C. The lowest BCUT2D eigenvalue weighted by atomic mass is 9.99. The first-order valence-electron chi connectivity index (χ1n) is 14.0. The van der Waals surface area contributed by atoms with Gasteiger partial charge in [-0.2, -0.15) is 0 Å². The fraction of sp³-hybridized carbons (Fsp3) is 0.862. The molecule has 0 aromatic rings. The highest BCUT2D eigenvalue weighted by Crippen LogP contribution is 2.45. The Morgan fingerprint density at radius 2 is 1.09 bits per heavy atom. The molecule has 2 atom stereocenters. The van der Waals surface area contributed by atoms with Crippen molar-refractivity contribution in [2.45, 2.75) is 141 Å². The third-order valence-corrected chi connectivity index (χ3v) is 8.86. The first-order chi connectivity index (χ1) is 15.8. The van der Waals surface area contributed by atoms with Gasteiger partial charge in [0.05, 0.1) is 21.1 Å².